The van der Waals surface area contributed by atoms with Crippen LogP contribution in [-0.4, -0.2) is 14.5 Å². The molecule has 0 unspecified atom stereocenters. The summed E-state index contributed by atoms with van der Waals surface area (Å²) in [6.45, 7) is 1.93. The highest BCUT2D eigenvalue weighted by Gasteiger charge is 2.34. The van der Waals surface area contributed by atoms with Gasteiger partial charge < -0.3 is 0 Å². The van der Waals surface area contributed by atoms with Crippen molar-refractivity contribution in [1.29, 1.82) is 5.26 Å². The fourth-order valence-corrected chi connectivity index (χ4v) is 4.77. The van der Waals surface area contributed by atoms with Crippen LogP contribution in [0.5, 0.6) is 0 Å². The maximum absolute atomic E-state index is 12.8. The van der Waals surface area contributed by atoms with Crippen molar-refractivity contribution in [3.63, 3.8) is 0 Å². The Balaban J connectivity index is 1.91. The van der Waals surface area contributed by atoms with Crippen LogP contribution in [0.25, 0.3) is 0 Å². The standard InChI is InChI=1S/C17H16N2O2S/c1-13-10-16-4-2-3-5-17(16)19(13)22(20,21)12-15-8-6-14(11-18)7-9-15/h2-9,13H,10,12H2,1H3/t13-/m0/s1. The Morgan fingerprint density at radius 2 is 1.86 bits per heavy atom. The van der Waals surface area contributed by atoms with Crippen molar-refractivity contribution < 1.29 is 8.42 Å². The van der Waals surface area contributed by atoms with Crippen molar-refractivity contribution in [3.05, 3.63) is 65.2 Å². The minimum absolute atomic E-state index is 0.0582. The average Bonchev–Trinajstić information content (AvgIpc) is 2.84. The van der Waals surface area contributed by atoms with Gasteiger partial charge in [0.05, 0.1) is 23.1 Å². The number of rotatable bonds is 3. The molecular weight excluding hydrogens is 296 g/mol. The zero-order valence-electron chi connectivity index (χ0n) is 12.2. The SMILES string of the molecule is C[C@H]1Cc2ccccc2N1S(=O)(=O)Cc1ccc(C#N)cc1. The molecule has 5 heteroatoms. The monoisotopic (exact) mass is 312 g/mol. The van der Waals surface area contributed by atoms with E-state index in [9.17, 15) is 8.42 Å². The maximum Gasteiger partial charge on any atom is 0.239 e. The second-order valence-electron chi connectivity index (χ2n) is 5.54. The largest absolute Gasteiger partial charge is 0.267 e. The summed E-state index contributed by atoms with van der Waals surface area (Å²) in [7, 11) is -3.44. The zero-order valence-corrected chi connectivity index (χ0v) is 13.0. The van der Waals surface area contributed by atoms with Crippen LogP contribution in [0.4, 0.5) is 5.69 Å². The van der Waals surface area contributed by atoms with Gasteiger partial charge in [-0.05, 0) is 42.7 Å². The molecule has 0 bridgehead atoms. The lowest BCUT2D eigenvalue weighted by Crippen LogP contribution is -2.36. The highest BCUT2D eigenvalue weighted by atomic mass is 32.2. The van der Waals surface area contributed by atoms with E-state index in [1.165, 1.54) is 4.31 Å². The minimum Gasteiger partial charge on any atom is -0.267 e. The third-order valence-electron chi connectivity index (χ3n) is 3.88. The smallest absolute Gasteiger partial charge is 0.239 e. The van der Waals surface area contributed by atoms with Crippen molar-refractivity contribution in [2.75, 3.05) is 4.31 Å². The second-order valence-corrected chi connectivity index (χ2v) is 7.39. The fraction of sp³-hybridized carbons (Fsp3) is 0.235. The van der Waals surface area contributed by atoms with Gasteiger partial charge in [-0.25, -0.2) is 8.42 Å². The molecule has 1 aliphatic rings. The molecule has 1 aliphatic heterocycles. The number of nitriles is 1. The van der Waals surface area contributed by atoms with Gasteiger partial charge >= 0.3 is 0 Å². The molecule has 0 radical (unpaired) electrons. The summed E-state index contributed by atoms with van der Waals surface area (Å²) in [4.78, 5) is 0. The van der Waals surface area contributed by atoms with Gasteiger partial charge in [0.2, 0.25) is 10.0 Å². The molecule has 1 heterocycles. The van der Waals surface area contributed by atoms with Crippen LogP contribution in [-0.2, 0) is 22.2 Å². The Morgan fingerprint density at radius 3 is 2.55 bits per heavy atom. The van der Waals surface area contributed by atoms with Crippen LogP contribution in [0.15, 0.2) is 48.5 Å². The summed E-state index contributed by atoms with van der Waals surface area (Å²) in [6.07, 6.45) is 0.739. The van der Waals surface area contributed by atoms with Crippen LogP contribution >= 0.6 is 0 Å². The average molecular weight is 312 g/mol. The van der Waals surface area contributed by atoms with Gasteiger partial charge in [0.1, 0.15) is 0 Å². The number of benzene rings is 2. The van der Waals surface area contributed by atoms with Gasteiger partial charge in [-0.3, -0.25) is 4.31 Å². The van der Waals surface area contributed by atoms with Crippen molar-refractivity contribution in [2.24, 2.45) is 0 Å². The van der Waals surface area contributed by atoms with Gasteiger partial charge in [0, 0.05) is 6.04 Å². The molecule has 4 nitrogen and oxygen atoms in total. The highest BCUT2D eigenvalue weighted by Crippen LogP contribution is 2.35. The molecular formula is C17H16N2O2S. The summed E-state index contributed by atoms with van der Waals surface area (Å²) in [5, 5.41) is 8.80. The zero-order chi connectivity index (χ0) is 15.7. The summed E-state index contributed by atoms with van der Waals surface area (Å²) >= 11 is 0. The molecule has 2 aromatic rings. The lowest BCUT2D eigenvalue weighted by atomic mass is 10.1. The number of nitrogens with zero attached hydrogens (tertiary/aromatic N) is 2. The van der Waals surface area contributed by atoms with Crippen molar-refractivity contribution in [3.8, 4) is 6.07 Å². The summed E-state index contributed by atoms with van der Waals surface area (Å²) < 4.78 is 27.1. The summed E-state index contributed by atoms with van der Waals surface area (Å²) in [5.74, 6) is -0.0582. The molecule has 22 heavy (non-hydrogen) atoms. The normalized spacial score (nSPS) is 17.1. The third kappa shape index (κ3) is 2.58. The predicted octanol–water partition coefficient (Wildman–Crippen LogP) is 2.84. The number of sulfonamides is 1. The van der Waals surface area contributed by atoms with Crippen molar-refractivity contribution in [1.82, 2.24) is 0 Å². The molecule has 0 amide bonds. The van der Waals surface area contributed by atoms with E-state index in [0.717, 1.165) is 17.7 Å². The summed E-state index contributed by atoms with van der Waals surface area (Å²) in [5.41, 5.74) is 3.07. The molecule has 0 aliphatic carbocycles. The highest BCUT2D eigenvalue weighted by molar-refractivity contribution is 7.92. The molecule has 3 rings (SSSR count). The van der Waals surface area contributed by atoms with Crippen LogP contribution in [0.1, 0.15) is 23.6 Å². The van der Waals surface area contributed by atoms with Crippen molar-refractivity contribution in [2.45, 2.75) is 25.1 Å². The number of para-hydroxylation sites is 1. The van der Waals surface area contributed by atoms with Crippen LogP contribution < -0.4 is 4.31 Å². The molecule has 0 N–H and O–H groups in total. The molecule has 0 spiro atoms. The van der Waals surface area contributed by atoms with Gasteiger partial charge in [-0.2, -0.15) is 5.26 Å². The van der Waals surface area contributed by atoms with Crippen LogP contribution in [0, 0.1) is 11.3 Å². The quantitative estimate of drug-likeness (QED) is 0.875. The van der Waals surface area contributed by atoms with E-state index in [1.54, 1.807) is 24.3 Å². The summed E-state index contributed by atoms with van der Waals surface area (Å²) in [6, 6.07) is 16.3. The number of anilines is 1. The lowest BCUT2D eigenvalue weighted by Gasteiger charge is -2.24. The first-order valence-electron chi connectivity index (χ1n) is 7.10. The van der Waals surface area contributed by atoms with Crippen LogP contribution in [0.2, 0.25) is 0 Å². The van der Waals surface area contributed by atoms with E-state index in [-0.39, 0.29) is 11.8 Å². The topological polar surface area (TPSA) is 61.2 Å². The Morgan fingerprint density at radius 1 is 1.18 bits per heavy atom. The van der Waals surface area contributed by atoms with E-state index >= 15 is 0 Å². The van der Waals surface area contributed by atoms with Gasteiger partial charge in [-0.15, -0.1) is 0 Å². The maximum atomic E-state index is 12.8. The van der Waals surface area contributed by atoms with Gasteiger partial charge in [0.15, 0.2) is 0 Å². The Bertz CT molecular complexity index is 836. The van der Waals surface area contributed by atoms with Gasteiger partial charge in [-0.1, -0.05) is 30.3 Å². The van der Waals surface area contributed by atoms with Crippen molar-refractivity contribution >= 4 is 15.7 Å². The molecule has 2 aromatic carbocycles. The predicted molar refractivity (Wildman–Crippen MR) is 85.9 cm³/mol. The molecule has 0 saturated carbocycles. The third-order valence-corrected chi connectivity index (χ3v) is 5.73. The first kappa shape index (κ1) is 14.6. The molecule has 0 saturated heterocycles. The van der Waals surface area contributed by atoms with E-state index in [2.05, 4.69) is 0 Å². The molecule has 112 valence electrons. The Labute approximate surface area is 130 Å². The molecule has 0 fully saturated rings. The first-order valence-corrected chi connectivity index (χ1v) is 8.71. The number of hydrogen-bond acceptors (Lipinski definition) is 3. The molecule has 0 aromatic heterocycles. The Hall–Kier alpha value is -2.32. The van der Waals surface area contributed by atoms with E-state index in [4.69, 9.17) is 5.26 Å². The minimum atomic E-state index is -3.44. The van der Waals surface area contributed by atoms with E-state index in [0.29, 0.717) is 11.1 Å². The molecule has 1 atom stereocenters. The van der Waals surface area contributed by atoms with E-state index < -0.39 is 10.0 Å². The van der Waals surface area contributed by atoms with Crippen LogP contribution in [0.3, 0.4) is 0 Å². The lowest BCUT2D eigenvalue weighted by molar-refractivity contribution is 0.583. The fourth-order valence-electron chi connectivity index (χ4n) is 2.92. The van der Waals surface area contributed by atoms with Gasteiger partial charge in [0.25, 0.3) is 0 Å². The number of hydrogen-bond donors (Lipinski definition) is 0. The Kier molecular flexibility index (Phi) is 3.63. The second kappa shape index (κ2) is 5.47. The van der Waals surface area contributed by atoms with E-state index in [1.807, 2.05) is 37.3 Å². The first-order chi connectivity index (χ1) is 10.5. The number of fused-ring (bicyclic) bond motifs is 1.